The highest BCUT2D eigenvalue weighted by atomic mass is 16.2. The van der Waals surface area contributed by atoms with Crippen LogP contribution in [0.2, 0.25) is 0 Å². The molecule has 0 aliphatic carbocycles. The zero-order valence-electron chi connectivity index (χ0n) is 6.33. The Kier molecular flexibility index (Phi) is 1.19. The second kappa shape index (κ2) is 1.96. The summed E-state index contributed by atoms with van der Waals surface area (Å²) in [6, 6.07) is -0.228. The maximum Gasteiger partial charge on any atom is 0.318 e. The normalized spacial score (nSPS) is 35.9. The molecule has 2 saturated heterocycles. The van der Waals surface area contributed by atoms with Gasteiger partial charge in [0, 0.05) is 12.5 Å². The summed E-state index contributed by atoms with van der Waals surface area (Å²) >= 11 is 0. The first-order chi connectivity index (χ1) is 5.18. The molecular weight excluding hydrogens is 144 g/mol. The van der Waals surface area contributed by atoms with Gasteiger partial charge in [-0.1, -0.05) is 0 Å². The minimum Gasteiger partial charge on any atom is -0.326 e. The summed E-state index contributed by atoms with van der Waals surface area (Å²) in [7, 11) is 0. The molecule has 4 heteroatoms. The number of nitrogens with one attached hydrogen (secondary N) is 1. The van der Waals surface area contributed by atoms with Gasteiger partial charge >= 0.3 is 6.03 Å². The lowest BCUT2D eigenvalue weighted by Crippen LogP contribution is -2.42. The number of urea groups is 1. The number of hydrogen-bond donors (Lipinski definition) is 1. The largest absolute Gasteiger partial charge is 0.326 e. The van der Waals surface area contributed by atoms with Crippen LogP contribution in [0.25, 0.3) is 0 Å². The number of Topliss-reactive ketones (excluding diaryl/α,β-unsaturated/α-hetero) is 1. The van der Waals surface area contributed by atoms with Gasteiger partial charge in [-0.2, -0.15) is 0 Å². The Morgan fingerprint density at radius 3 is 3.00 bits per heavy atom. The van der Waals surface area contributed by atoms with Gasteiger partial charge in [-0.3, -0.25) is 4.79 Å². The number of carbonyl (C=O) groups is 2. The van der Waals surface area contributed by atoms with Crippen molar-refractivity contribution in [3.05, 3.63) is 0 Å². The molecule has 60 valence electrons. The van der Waals surface area contributed by atoms with Crippen LogP contribution in [0, 0.1) is 0 Å². The minimum atomic E-state index is -0.223. The van der Waals surface area contributed by atoms with E-state index in [0.29, 0.717) is 13.0 Å². The van der Waals surface area contributed by atoms with Crippen LogP contribution in [0.3, 0.4) is 0 Å². The van der Waals surface area contributed by atoms with Crippen LogP contribution in [-0.2, 0) is 4.79 Å². The van der Waals surface area contributed by atoms with E-state index < -0.39 is 0 Å². The van der Waals surface area contributed by atoms with Crippen LogP contribution in [0.15, 0.2) is 0 Å². The smallest absolute Gasteiger partial charge is 0.318 e. The van der Waals surface area contributed by atoms with E-state index >= 15 is 0 Å². The summed E-state index contributed by atoms with van der Waals surface area (Å²) in [5.41, 5.74) is 0. The van der Waals surface area contributed by atoms with E-state index in [1.165, 1.54) is 0 Å². The minimum absolute atomic E-state index is 0.0845. The van der Waals surface area contributed by atoms with Crippen LogP contribution < -0.4 is 5.32 Å². The van der Waals surface area contributed by atoms with E-state index in [9.17, 15) is 9.59 Å². The molecule has 1 N–H and O–H groups in total. The zero-order chi connectivity index (χ0) is 8.01. The van der Waals surface area contributed by atoms with E-state index in [2.05, 4.69) is 5.32 Å². The number of fused-ring (bicyclic) bond motifs is 2. The Morgan fingerprint density at radius 1 is 1.55 bits per heavy atom. The lowest BCUT2D eigenvalue weighted by molar-refractivity contribution is -0.122. The van der Waals surface area contributed by atoms with E-state index in [1.54, 1.807) is 4.90 Å². The van der Waals surface area contributed by atoms with E-state index in [-0.39, 0.29) is 23.9 Å². The number of carbonyl (C=O) groups excluding carboxylic acids is 2. The molecule has 2 heterocycles. The van der Waals surface area contributed by atoms with Crippen molar-refractivity contribution in [1.82, 2.24) is 10.2 Å². The summed E-state index contributed by atoms with van der Waals surface area (Å²) in [5, 5.41) is 2.63. The van der Waals surface area contributed by atoms with Gasteiger partial charge in [-0.15, -0.1) is 0 Å². The van der Waals surface area contributed by atoms with Gasteiger partial charge in [0.05, 0.1) is 6.54 Å². The molecule has 0 radical (unpaired) electrons. The van der Waals surface area contributed by atoms with Crippen molar-refractivity contribution in [3.63, 3.8) is 0 Å². The second-order valence-electron chi connectivity index (χ2n) is 3.17. The molecule has 2 aliphatic heterocycles. The molecule has 11 heavy (non-hydrogen) atoms. The van der Waals surface area contributed by atoms with Crippen molar-refractivity contribution in [2.45, 2.75) is 25.4 Å². The first-order valence-electron chi connectivity index (χ1n) is 3.78. The average Bonchev–Trinajstić information content (AvgIpc) is 2.26. The van der Waals surface area contributed by atoms with Gasteiger partial charge in [-0.25, -0.2) is 4.79 Å². The number of nitrogens with zero attached hydrogens (tertiary/aromatic N) is 1. The number of piperidine rings is 1. The SMILES string of the molecule is C[C@@H]1CC(=O)[C@@H]2CN1C(=O)N2. The highest BCUT2D eigenvalue weighted by Gasteiger charge is 2.41. The third kappa shape index (κ3) is 0.818. The highest BCUT2D eigenvalue weighted by Crippen LogP contribution is 2.19. The Hall–Kier alpha value is -1.06. The summed E-state index contributed by atoms with van der Waals surface area (Å²) in [5.74, 6) is 0.166. The molecule has 0 saturated carbocycles. The molecule has 2 bridgehead atoms. The molecule has 0 aromatic heterocycles. The second-order valence-corrected chi connectivity index (χ2v) is 3.17. The van der Waals surface area contributed by atoms with Crippen LogP contribution >= 0.6 is 0 Å². The van der Waals surface area contributed by atoms with Gasteiger partial charge in [0.2, 0.25) is 0 Å². The van der Waals surface area contributed by atoms with Crippen molar-refractivity contribution in [1.29, 1.82) is 0 Å². The molecule has 2 rings (SSSR count). The predicted octanol–water partition coefficient (Wildman–Crippen LogP) is -0.258. The maximum atomic E-state index is 11.2. The van der Waals surface area contributed by atoms with Gasteiger partial charge in [0.25, 0.3) is 0 Å². The molecule has 2 amide bonds. The Labute approximate surface area is 64.5 Å². The van der Waals surface area contributed by atoms with Crippen LogP contribution in [0.4, 0.5) is 4.79 Å². The molecule has 2 atom stereocenters. The van der Waals surface area contributed by atoms with Crippen LogP contribution in [0.1, 0.15) is 13.3 Å². The number of amides is 2. The van der Waals surface area contributed by atoms with Crippen molar-refractivity contribution in [3.8, 4) is 0 Å². The monoisotopic (exact) mass is 154 g/mol. The van der Waals surface area contributed by atoms with Crippen molar-refractivity contribution >= 4 is 11.8 Å². The number of rotatable bonds is 0. The first-order valence-corrected chi connectivity index (χ1v) is 3.78. The summed E-state index contributed by atoms with van der Waals surface area (Å²) in [6.07, 6.45) is 0.503. The lowest BCUT2D eigenvalue weighted by Gasteiger charge is -2.26. The lowest BCUT2D eigenvalue weighted by atomic mass is 10.0. The zero-order valence-corrected chi connectivity index (χ0v) is 6.33. The van der Waals surface area contributed by atoms with Gasteiger partial charge in [0.1, 0.15) is 6.04 Å². The molecule has 0 spiro atoms. The quantitative estimate of drug-likeness (QED) is 0.522. The van der Waals surface area contributed by atoms with Gasteiger partial charge < -0.3 is 10.2 Å². The predicted molar refractivity (Wildman–Crippen MR) is 38.1 cm³/mol. The maximum absolute atomic E-state index is 11.2. The molecule has 4 nitrogen and oxygen atoms in total. The summed E-state index contributed by atoms with van der Waals surface area (Å²) < 4.78 is 0. The van der Waals surface area contributed by atoms with E-state index in [1.807, 2.05) is 6.92 Å². The summed E-state index contributed by atoms with van der Waals surface area (Å²) in [6.45, 7) is 2.47. The molecule has 2 fully saturated rings. The van der Waals surface area contributed by atoms with Crippen LogP contribution in [-0.4, -0.2) is 35.3 Å². The fourth-order valence-corrected chi connectivity index (χ4v) is 1.66. The topological polar surface area (TPSA) is 49.4 Å². The number of hydrogen-bond acceptors (Lipinski definition) is 2. The highest BCUT2D eigenvalue weighted by molar-refractivity contribution is 5.94. The van der Waals surface area contributed by atoms with Gasteiger partial charge in [0.15, 0.2) is 5.78 Å². The van der Waals surface area contributed by atoms with Crippen molar-refractivity contribution < 1.29 is 9.59 Å². The molecular formula is C7H10N2O2. The standard InChI is InChI=1S/C7H10N2O2/c1-4-2-6(10)5-3-9(4)7(11)8-5/h4-5H,2-3H2,1H3,(H,8,11)/t4-,5+/m1/s1. The average molecular weight is 154 g/mol. The fraction of sp³-hybridized carbons (Fsp3) is 0.714. The third-order valence-electron chi connectivity index (χ3n) is 2.36. The Balaban J connectivity index is 2.26. The van der Waals surface area contributed by atoms with E-state index in [0.717, 1.165) is 0 Å². The molecule has 2 aliphatic rings. The Bertz CT molecular complexity index is 224. The molecule has 0 unspecified atom stereocenters. The number of ketones is 1. The van der Waals surface area contributed by atoms with Gasteiger partial charge in [-0.05, 0) is 6.92 Å². The van der Waals surface area contributed by atoms with Crippen molar-refractivity contribution in [2.75, 3.05) is 6.54 Å². The summed E-state index contributed by atoms with van der Waals surface area (Å²) in [4.78, 5) is 24.0. The first kappa shape index (κ1) is 6.64. The molecule has 0 aromatic rings. The third-order valence-corrected chi connectivity index (χ3v) is 2.36. The van der Waals surface area contributed by atoms with Crippen molar-refractivity contribution in [2.24, 2.45) is 0 Å². The van der Waals surface area contributed by atoms with E-state index in [4.69, 9.17) is 0 Å². The molecule has 0 aromatic carbocycles. The Morgan fingerprint density at radius 2 is 2.27 bits per heavy atom. The van der Waals surface area contributed by atoms with Crippen LogP contribution in [0.5, 0.6) is 0 Å². The fourth-order valence-electron chi connectivity index (χ4n) is 1.66.